The predicted molar refractivity (Wildman–Crippen MR) is 89.8 cm³/mol. The van der Waals surface area contributed by atoms with Crippen molar-refractivity contribution in [3.63, 3.8) is 0 Å². The van der Waals surface area contributed by atoms with Crippen molar-refractivity contribution in [2.24, 2.45) is 5.73 Å². The first-order valence-electron chi connectivity index (χ1n) is 7.62. The van der Waals surface area contributed by atoms with E-state index in [1.807, 2.05) is 37.3 Å². The number of nitrogens with one attached hydrogen (secondary N) is 1. The second-order valence-electron chi connectivity index (χ2n) is 5.10. The van der Waals surface area contributed by atoms with Crippen LogP contribution in [0.1, 0.15) is 24.4 Å². The summed E-state index contributed by atoms with van der Waals surface area (Å²) in [5.74, 6) is 2.48. The summed E-state index contributed by atoms with van der Waals surface area (Å²) in [7, 11) is 1.60. The van der Waals surface area contributed by atoms with Crippen molar-refractivity contribution in [2.45, 2.75) is 13.0 Å². The summed E-state index contributed by atoms with van der Waals surface area (Å²) < 4.78 is 10.9. The number of pyridine rings is 1. The van der Waals surface area contributed by atoms with Crippen LogP contribution in [0, 0.1) is 0 Å². The molecule has 1 atom stereocenters. The third kappa shape index (κ3) is 3.21. The summed E-state index contributed by atoms with van der Waals surface area (Å²) in [6.45, 7) is 2.49. The topological polar surface area (TPSA) is 98.9 Å². The molecule has 1 unspecified atom stereocenters. The van der Waals surface area contributed by atoms with Gasteiger partial charge in [0.15, 0.2) is 17.3 Å². The van der Waals surface area contributed by atoms with Crippen molar-refractivity contribution >= 4 is 0 Å². The Balaban J connectivity index is 1.87. The highest BCUT2D eigenvalue weighted by Crippen LogP contribution is 2.31. The van der Waals surface area contributed by atoms with E-state index in [-0.39, 0.29) is 0 Å². The Morgan fingerprint density at radius 1 is 1.17 bits per heavy atom. The van der Waals surface area contributed by atoms with E-state index in [9.17, 15) is 0 Å². The number of hydrogen-bond acceptors (Lipinski definition) is 6. The molecule has 7 nitrogen and oxygen atoms in total. The lowest BCUT2D eigenvalue weighted by Crippen LogP contribution is -2.14. The molecule has 0 aliphatic heterocycles. The molecule has 24 heavy (non-hydrogen) atoms. The van der Waals surface area contributed by atoms with Crippen LogP contribution in [-0.2, 0) is 0 Å². The maximum absolute atomic E-state index is 6.31. The average molecular weight is 325 g/mol. The third-order valence-corrected chi connectivity index (χ3v) is 3.58. The van der Waals surface area contributed by atoms with Crippen LogP contribution in [0.5, 0.6) is 11.5 Å². The first-order chi connectivity index (χ1) is 11.7. The van der Waals surface area contributed by atoms with E-state index in [1.165, 1.54) is 0 Å². The van der Waals surface area contributed by atoms with Crippen LogP contribution in [0.4, 0.5) is 0 Å². The average Bonchev–Trinajstić information content (AvgIpc) is 3.12. The second kappa shape index (κ2) is 7.10. The summed E-state index contributed by atoms with van der Waals surface area (Å²) in [5, 5.41) is 7.12. The van der Waals surface area contributed by atoms with Crippen LogP contribution in [0.25, 0.3) is 11.4 Å². The monoisotopic (exact) mass is 325 g/mol. The molecule has 0 spiro atoms. The number of H-pyrrole nitrogens is 1. The number of nitrogens with two attached hydrogens (primary N) is 1. The van der Waals surface area contributed by atoms with Crippen LogP contribution in [-0.4, -0.2) is 33.9 Å². The van der Waals surface area contributed by atoms with E-state index in [0.29, 0.717) is 29.8 Å². The minimum Gasteiger partial charge on any atom is -0.493 e. The van der Waals surface area contributed by atoms with Gasteiger partial charge in [0.1, 0.15) is 5.82 Å². The van der Waals surface area contributed by atoms with E-state index < -0.39 is 6.04 Å². The maximum Gasteiger partial charge on any atom is 0.181 e. The largest absolute Gasteiger partial charge is 0.493 e. The Labute approximate surface area is 139 Å². The van der Waals surface area contributed by atoms with E-state index in [1.54, 1.807) is 19.5 Å². The Kier molecular flexibility index (Phi) is 4.72. The second-order valence-corrected chi connectivity index (χ2v) is 5.10. The lowest BCUT2D eigenvalue weighted by atomic mass is 10.1. The minimum atomic E-state index is -0.447. The number of aromatic nitrogens is 4. The molecular weight excluding hydrogens is 306 g/mol. The van der Waals surface area contributed by atoms with Gasteiger partial charge in [-0.25, -0.2) is 4.98 Å². The fourth-order valence-corrected chi connectivity index (χ4v) is 2.35. The molecule has 3 rings (SSSR count). The van der Waals surface area contributed by atoms with Crippen molar-refractivity contribution < 1.29 is 9.47 Å². The lowest BCUT2D eigenvalue weighted by molar-refractivity contribution is 0.310. The molecule has 0 saturated carbocycles. The smallest absolute Gasteiger partial charge is 0.181 e. The van der Waals surface area contributed by atoms with E-state index in [4.69, 9.17) is 15.2 Å². The molecule has 2 aromatic heterocycles. The fraction of sp³-hybridized carbons (Fsp3) is 0.235. The van der Waals surface area contributed by atoms with E-state index >= 15 is 0 Å². The Morgan fingerprint density at radius 2 is 1.96 bits per heavy atom. The highest BCUT2D eigenvalue weighted by Gasteiger charge is 2.17. The lowest BCUT2D eigenvalue weighted by Gasteiger charge is -2.13. The molecule has 0 aliphatic rings. The van der Waals surface area contributed by atoms with Crippen LogP contribution < -0.4 is 15.2 Å². The molecule has 0 radical (unpaired) electrons. The number of aromatic amines is 1. The summed E-state index contributed by atoms with van der Waals surface area (Å²) in [6, 6.07) is 8.84. The van der Waals surface area contributed by atoms with Gasteiger partial charge in [0.25, 0.3) is 0 Å². The minimum absolute atomic E-state index is 0.447. The fourth-order valence-electron chi connectivity index (χ4n) is 2.35. The number of ether oxygens (including phenoxy) is 2. The van der Waals surface area contributed by atoms with Crippen LogP contribution in [0.15, 0.2) is 42.7 Å². The molecule has 3 aromatic rings. The van der Waals surface area contributed by atoms with E-state index in [2.05, 4.69) is 20.2 Å². The zero-order valence-corrected chi connectivity index (χ0v) is 13.6. The summed E-state index contributed by atoms with van der Waals surface area (Å²) in [6.07, 6.45) is 3.39. The van der Waals surface area contributed by atoms with Gasteiger partial charge >= 0.3 is 0 Å². The van der Waals surface area contributed by atoms with Gasteiger partial charge in [-0.15, -0.1) is 0 Å². The number of nitrogens with zero attached hydrogens (tertiary/aromatic N) is 3. The zero-order valence-electron chi connectivity index (χ0n) is 13.6. The number of methoxy groups -OCH3 is 1. The van der Waals surface area contributed by atoms with Gasteiger partial charge in [-0.3, -0.25) is 10.1 Å². The van der Waals surface area contributed by atoms with Crippen molar-refractivity contribution in [3.05, 3.63) is 54.1 Å². The van der Waals surface area contributed by atoms with Gasteiger partial charge in [0.05, 0.1) is 19.8 Å². The molecule has 0 bridgehead atoms. The van der Waals surface area contributed by atoms with Gasteiger partial charge in [-0.2, -0.15) is 5.10 Å². The molecule has 1 aromatic carbocycles. The first kappa shape index (κ1) is 15.9. The Morgan fingerprint density at radius 3 is 2.67 bits per heavy atom. The third-order valence-electron chi connectivity index (χ3n) is 3.58. The molecule has 7 heteroatoms. The van der Waals surface area contributed by atoms with Gasteiger partial charge in [-0.1, -0.05) is 6.07 Å². The van der Waals surface area contributed by atoms with Crippen molar-refractivity contribution in [2.75, 3.05) is 13.7 Å². The van der Waals surface area contributed by atoms with Crippen LogP contribution in [0.2, 0.25) is 0 Å². The number of hydrogen-bond donors (Lipinski definition) is 2. The highest BCUT2D eigenvalue weighted by molar-refractivity contribution is 5.53. The van der Waals surface area contributed by atoms with Crippen molar-refractivity contribution in [1.29, 1.82) is 0 Å². The predicted octanol–water partition coefficient (Wildman–Crippen LogP) is 2.32. The highest BCUT2D eigenvalue weighted by atomic mass is 16.5. The zero-order chi connectivity index (χ0) is 16.9. The molecular formula is C17H19N5O2. The normalized spacial score (nSPS) is 12.0. The number of benzene rings is 1. The SMILES string of the molecule is CCOc1ccc(C(N)c2nc(-c3ccncc3)n[nH]2)cc1OC. The summed E-state index contributed by atoms with van der Waals surface area (Å²) in [4.78, 5) is 8.47. The van der Waals surface area contributed by atoms with Crippen molar-refractivity contribution in [3.8, 4) is 22.9 Å². The quantitative estimate of drug-likeness (QED) is 0.721. The maximum atomic E-state index is 6.31. The molecule has 0 aliphatic carbocycles. The van der Waals surface area contributed by atoms with Crippen LogP contribution in [0.3, 0.4) is 0 Å². The first-order valence-corrected chi connectivity index (χ1v) is 7.62. The summed E-state index contributed by atoms with van der Waals surface area (Å²) >= 11 is 0. The molecule has 2 heterocycles. The van der Waals surface area contributed by atoms with Gasteiger partial charge in [0.2, 0.25) is 0 Å². The molecule has 0 fully saturated rings. The van der Waals surface area contributed by atoms with Crippen molar-refractivity contribution in [1.82, 2.24) is 20.2 Å². The molecule has 124 valence electrons. The standard InChI is InChI=1S/C17H19N5O2/c1-3-24-13-5-4-12(10-14(13)23-2)15(18)17-20-16(21-22-17)11-6-8-19-9-7-11/h4-10,15H,3,18H2,1-2H3,(H,20,21,22). The Hall–Kier alpha value is -2.93. The van der Waals surface area contributed by atoms with Gasteiger partial charge < -0.3 is 15.2 Å². The summed E-state index contributed by atoms with van der Waals surface area (Å²) in [5.41, 5.74) is 8.05. The van der Waals surface area contributed by atoms with Crippen LogP contribution >= 0.6 is 0 Å². The number of rotatable bonds is 6. The van der Waals surface area contributed by atoms with E-state index in [0.717, 1.165) is 11.1 Å². The molecule has 3 N–H and O–H groups in total. The van der Waals surface area contributed by atoms with Gasteiger partial charge in [0, 0.05) is 18.0 Å². The Bertz CT molecular complexity index is 804. The van der Waals surface area contributed by atoms with Gasteiger partial charge in [-0.05, 0) is 36.8 Å². The molecule has 0 amide bonds. The molecule has 0 saturated heterocycles.